The van der Waals surface area contributed by atoms with Gasteiger partial charge in [-0.1, -0.05) is 18.2 Å². The third kappa shape index (κ3) is 2.61. The quantitative estimate of drug-likeness (QED) is 0.922. The first-order valence-corrected chi connectivity index (χ1v) is 6.94. The van der Waals surface area contributed by atoms with Gasteiger partial charge in [0.1, 0.15) is 17.4 Å². The summed E-state index contributed by atoms with van der Waals surface area (Å²) in [5, 5.41) is 17.6. The number of carbonyl (C=O) groups is 1. The molecule has 2 heterocycles. The lowest BCUT2D eigenvalue weighted by Crippen LogP contribution is -2.27. The van der Waals surface area contributed by atoms with E-state index in [2.05, 4.69) is 10.2 Å². The van der Waals surface area contributed by atoms with Crippen LogP contribution in [0.3, 0.4) is 0 Å². The topological polar surface area (TPSA) is 77.2 Å². The van der Waals surface area contributed by atoms with E-state index in [0.29, 0.717) is 25.8 Å². The summed E-state index contributed by atoms with van der Waals surface area (Å²) in [6.45, 7) is 0.447. The summed E-state index contributed by atoms with van der Waals surface area (Å²) >= 11 is 0. The molecular formula is C15H17N3O3. The number of fused-ring (bicyclic) bond motifs is 1. The summed E-state index contributed by atoms with van der Waals surface area (Å²) in [5.41, 5.74) is 1.02. The maximum atomic E-state index is 11.2. The zero-order valence-corrected chi connectivity index (χ0v) is 11.8. The lowest BCUT2D eigenvalue weighted by Gasteiger charge is -2.21. The van der Waals surface area contributed by atoms with E-state index in [9.17, 15) is 9.90 Å². The molecule has 1 N–H and O–H groups in total. The zero-order valence-electron chi connectivity index (χ0n) is 11.8. The molecule has 1 aliphatic heterocycles. The highest BCUT2D eigenvalue weighted by Crippen LogP contribution is 2.24. The van der Waals surface area contributed by atoms with Crippen molar-refractivity contribution in [3.8, 4) is 5.75 Å². The van der Waals surface area contributed by atoms with Gasteiger partial charge in [-0.15, -0.1) is 10.2 Å². The summed E-state index contributed by atoms with van der Waals surface area (Å²) in [6, 6.07) is 7.76. The summed E-state index contributed by atoms with van der Waals surface area (Å²) < 4.78 is 7.29. The highest BCUT2D eigenvalue weighted by atomic mass is 16.5. The van der Waals surface area contributed by atoms with Gasteiger partial charge in [0.2, 0.25) is 0 Å². The van der Waals surface area contributed by atoms with Crippen molar-refractivity contribution < 1.29 is 14.6 Å². The van der Waals surface area contributed by atoms with Gasteiger partial charge in [0.25, 0.3) is 0 Å². The number of nitrogens with zero attached hydrogens (tertiary/aromatic N) is 3. The van der Waals surface area contributed by atoms with Crippen LogP contribution < -0.4 is 4.74 Å². The number of ether oxygens (including phenoxy) is 1. The van der Waals surface area contributed by atoms with Crippen LogP contribution in [0.1, 0.15) is 23.6 Å². The van der Waals surface area contributed by atoms with Crippen LogP contribution in [0.25, 0.3) is 0 Å². The van der Waals surface area contributed by atoms with Crippen LogP contribution >= 0.6 is 0 Å². The molecular weight excluding hydrogens is 270 g/mol. The van der Waals surface area contributed by atoms with E-state index in [1.165, 1.54) is 0 Å². The molecule has 1 aliphatic rings. The van der Waals surface area contributed by atoms with E-state index < -0.39 is 5.97 Å². The highest BCUT2D eigenvalue weighted by Gasteiger charge is 2.27. The molecule has 0 amide bonds. The van der Waals surface area contributed by atoms with E-state index in [4.69, 9.17) is 4.74 Å². The first-order chi connectivity index (χ1) is 10.2. The molecule has 0 spiro atoms. The van der Waals surface area contributed by atoms with Gasteiger partial charge < -0.3 is 14.4 Å². The Kier molecular flexibility index (Phi) is 3.60. The van der Waals surface area contributed by atoms with E-state index in [1.54, 1.807) is 7.11 Å². The molecule has 0 fully saturated rings. The number of aromatic nitrogens is 3. The fourth-order valence-electron chi connectivity index (χ4n) is 2.73. The van der Waals surface area contributed by atoms with Crippen molar-refractivity contribution in [2.75, 3.05) is 7.11 Å². The Morgan fingerprint density at radius 1 is 1.43 bits per heavy atom. The van der Waals surface area contributed by atoms with Gasteiger partial charge in [0.15, 0.2) is 0 Å². The fraction of sp³-hybridized carbons (Fsp3) is 0.400. The zero-order chi connectivity index (χ0) is 14.8. The number of methoxy groups -OCH3 is 1. The van der Waals surface area contributed by atoms with Gasteiger partial charge in [0, 0.05) is 24.9 Å². The molecule has 0 saturated heterocycles. The summed E-state index contributed by atoms with van der Waals surface area (Å²) in [5.74, 6) is 1.36. The number of para-hydroxylation sites is 1. The Morgan fingerprint density at radius 2 is 2.24 bits per heavy atom. The molecule has 6 nitrogen and oxygen atoms in total. The standard InChI is InChI=1S/C15H17N3O3/c1-21-12-5-3-2-4-10(12)8-14-17-16-13-7-6-11(15(19)20)9-18(13)14/h2-5,11H,6-9H2,1H3,(H,19,20). The van der Waals surface area contributed by atoms with E-state index in [1.807, 2.05) is 28.8 Å². The average molecular weight is 287 g/mol. The Bertz CT molecular complexity index is 666. The molecule has 110 valence electrons. The minimum atomic E-state index is -0.752. The van der Waals surface area contributed by atoms with Crippen molar-refractivity contribution in [2.45, 2.75) is 25.8 Å². The maximum Gasteiger partial charge on any atom is 0.308 e. The van der Waals surface area contributed by atoms with E-state index >= 15 is 0 Å². The number of hydrogen-bond donors (Lipinski definition) is 1. The Balaban J connectivity index is 1.88. The second kappa shape index (κ2) is 5.55. The van der Waals surface area contributed by atoms with Crippen molar-refractivity contribution in [1.82, 2.24) is 14.8 Å². The molecule has 2 aromatic rings. The predicted molar refractivity (Wildman–Crippen MR) is 75.3 cm³/mol. The molecule has 6 heteroatoms. The number of aryl methyl sites for hydroxylation is 1. The van der Waals surface area contributed by atoms with Crippen LogP contribution in [0.4, 0.5) is 0 Å². The third-order valence-electron chi connectivity index (χ3n) is 3.91. The van der Waals surface area contributed by atoms with Gasteiger partial charge in [-0.3, -0.25) is 4.79 Å². The number of hydrogen-bond acceptors (Lipinski definition) is 4. The first-order valence-electron chi connectivity index (χ1n) is 6.94. The van der Waals surface area contributed by atoms with Crippen LogP contribution in [0.2, 0.25) is 0 Å². The molecule has 1 aromatic carbocycles. The lowest BCUT2D eigenvalue weighted by molar-refractivity contribution is -0.142. The highest BCUT2D eigenvalue weighted by molar-refractivity contribution is 5.70. The van der Waals surface area contributed by atoms with Crippen LogP contribution in [-0.4, -0.2) is 33.0 Å². The second-order valence-corrected chi connectivity index (χ2v) is 5.21. The fourth-order valence-corrected chi connectivity index (χ4v) is 2.73. The summed E-state index contributed by atoms with van der Waals surface area (Å²) in [7, 11) is 1.64. The Hall–Kier alpha value is -2.37. The minimum absolute atomic E-state index is 0.357. The largest absolute Gasteiger partial charge is 0.496 e. The van der Waals surface area contributed by atoms with Crippen molar-refractivity contribution in [1.29, 1.82) is 0 Å². The van der Waals surface area contributed by atoms with Crippen molar-refractivity contribution >= 4 is 5.97 Å². The predicted octanol–water partition coefficient (Wildman–Crippen LogP) is 1.52. The molecule has 1 aromatic heterocycles. The molecule has 1 unspecified atom stereocenters. The Morgan fingerprint density at radius 3 is 3.00 bits per heavy atom. The van der Waals surface area contributed by atoms with Crippen LogP contribution in [0.5, 0.6) is 5.75 Å². The van der Waals surface area contributed by atoms with Crippen LogP contribution in [-0.2, 0) is 24.2 Å². The monoisotopic (exact) mass is 287 g/mol. The van der Waals surface area contributed by atoms with Gasteiger partial charge in [0.05, 0.1) is 13.0 Å². The van der Waals surface area contributed by atoms with Gasteiger partial charge >= 0.3 is 5.97 Å². The number of benzene rings is 1. The number of carboxylic acids is 1. The number of rotatable bonds is 4. The second-order valence-electron chi connectivity index (χ2n) is 5.21. The van der Waals surface area contributed by atoms with Crippen molar-refractivity contribution in [3.05, 3.63) is 41.5 Å². The molecule has 1 atom stereocenters. The maximum absolute atomic E-state index is 11.2. The third-order valence-corrected chi connectivity index (χ3v) is 3.91. The van der Waals surface area contributed by atoms with Gasteiger partial charge in [-0.2, -0.15) is 0 Å². The smallest absolute Gasteiger partial charge is 0.308 e. The summed E-state index contributed by atoms with van der Waals surface area (Å²) in [6.07, 6.45) is 1.88. The van der Waals surface area contributed by atoms with Gasteiger partial charge in [-0.05, 0) is 12.5 Å². The molecule has 0 bridgehead atoms. The minimum Gasteiger partial charge on any atom is -0.496 e. The SMILES string of the molecule is COc1ccccc1Cc1nnc2n1CC(C(=O)O)CC2. The van der Waals surface area contributed by atoms with Crippen LogP contribution in [0, 0.1) is 5.92 Å². The van der Waals surface area contributed by atoms with Crippen molar-refractivity contribution in [2.24, 2.45) is 5.92 Å². The molecule has 0 radical (unpaired) electrons. The van der Waals surface area contributed by atoms with E-state index in [-0.39, 0.29) is 5.92 Å². The first kappa shape index (κ1) is 13.6. The molecule has 3 rings (SSSR count). The number of carboxylic acid groups (broad SMARTS) is 1. The normalized spacial score (nSPS) is 17.3. The van der Waals surface area contributed by atoms with Crippen molar-refractivity contribution in [3.63, 3.8) is 0 Å². The molecule has 21 heavy (non-hydrogen) atoms. The number of aliphatic carboxylic acids is 1. The van der Waals surface area contributed by atoms with Crippen LogP contribution in [0.15, 0.2) is 24.3 Å². The summed E-state index contributed by atoms with van der Waals surface area (Å²) in [4.78, 5) is 11.2. The molecule has 0 aliphatic carbocycles. The lowest BCUT2D eigenvalue weighted by atomic mass is 9.99. The van der Waals surface area contributed by atoms with Gasteiger partial charge in [-0.25, -0.2) is 0 Å². The van der Waals surface area contributed by atoms with E-state index in [0.717, 1.165) is 23.0 Å². The molecule has 0 saturated carbocycles. The average Bonchev–Trinajstić information content (AvgIpc) is 2.90. The Labute approximate surface area is 122 Å².